The molecule has 114 valence electrons. The van der Waals surface area contributed by atoms with Crippen LogP contribution in [0.2, 0.25) is 5.02 Å². The second-order valence-electron chi connectivity index (χ2n) is 5.27. The Morgan fingerprint density at radius 1 is 1.25 bits per heavy atom. The van der Waals surface area contributed by atoms with Crippen LogP contribution in [0.5, 0.6) is 0 Å². The van der Waals surface area contributed by atoms with Crippen molar-refractivity contribution in [1.29, 1.82) is 0 Å². The van der Waals surface area contributed by atoms with E-state index < -0.39 is 28.9 Å². The zero-order valence-electron chi connectivity index (χ0n) is 11.4. The molecule has 20 heavy (non-hydrogen) atoms. The smallest absolute Gasteiger partial charge is 0.391 e. The molecule has 0 aliphatic rings. The number of rotatable bonds is 5. The summed E-state index contributed by atoms with van der Waals surface area (Å²) >= 11 is 5.78. The number of alkyl halides is 3. The molecule has 0 heterocycles. The van der Waals surface area contributed by atoms with E-state index in [1.165, 1.54) is 12.1 Å². The van der Waals surface area contributed by atoms with Gasteiger partial charge in [0.2, 0.25) is 0 Å². The fourth-order valence-electron chi connectivity index (χ4n) is 1.92. The van der Waals surface area contributed by atoms with Gasteiger partial charge < -0.3 is 10.8 Å². The van der Waals surface area contributed by atoms with Crippen molar-refractivity contribution in [3.05, 3.63) is 34.3 Å². The maximum atomic E-state index is 12.8. The fraction of sp³-hybridized carbons (Fsp3) is 0.571. The molecule has 0 aliphatic carbocycles. The summed E-state index contributed by atoms with van der Waals surface area (Å²) in [7, 11) is 0. The Morgan fingerprint density at radius 2 is 1.85 bits per heavy atom. The summed E-state index contributed by atoms with van der Waals surface area (Å²) in [6.07, 6.45) is -4.29. The number of nitrogens with two attached hydrogens (primary N) is 1. The molecule has 1 aromatic carbocycles. The van der Waals surface area contributed by atoms with Gasteiger partial charge in [-0.1, -0.05) is 37.6 Å². The van der Waals surface area contributed by atoms with E-state index in [1.807, 2.05) is 13.8 Å². The third-order valence-electron chi connectivity index (χ3n) is 3.15. The minimum atomic E-state index is -4.53. The van der Waals surface area contributed by atoms with Crippen LogP contribution >= 0.6 is 11.6 Å². The summed E-state index contributed by atoms with van der Waals surface area (Å²) in [5.74, 6) is 0.383. The van der Waals surface area contributed by atoms with E-state index in [1.54, 1.807) is 0 Å². The molecule has 6 heteroatoms. The number of hydrogen-bond acceptors (Lipinski definition) is 2. The maximum Gasteiger partial charge on any atom is 0.417 e. The lowest BCUT2D eigenvalue weighted by Gasteiger charge is -2.22. The molecule has 0 radical (unpaired) electrons. The Labute approximate surface area is 121 Å². The van der Waals surface area contributed by atoms with Gasteiger partial charge in [0.25, 0.3) is 0 Å². The first kappa shape index (κ1) is 17.3. The number of halogens is 4. The van der Waals surface area contributed by atoms with Crippen molar-refractivity contribution in [1.82, 2.24) is 0 Å². The van der Waals surface area contributed by atoms with Crippen molar-refractivity contribution in [2.75, 3.05) is 0 Å². The highest BCUT2D eigenvalue weighted by molar-refractivity contribution is 6.32. The predicted molar refractivity (Wildman–Crippen MR) is 73.5 cm³/mol. The SMILES string of the molecule is CC(C)CC[C@@H](O)[C@@H](N)c1cccc(C(F)(F)F)c1Cl. The summed E-state index contributed by atoms with van der Waals surface area (Å²) in [5.41, 5.74) is 5.03. The third-order valence-corrected chi connectivity index (χ3v) is 3.57. The number of benzene rings is 1. The summed E-state index contributed by atoms with van der Waals surface area (Å²) in [6, 6.07) is 2.64. The molecule has 0 fully saturated rings. The monoisotopic (exact) mass is 309 g/mol. The minimum absolute atomic E-state index is 0.123. The average molecular weight is 310 g/mol. The molecule has 0 amide bonds. The van der Waals surface area contributed by atoms with Crippen LogP contribution in [0.4, 0.5) is 13.2 Å². The molecule has 1 rings (SSSR count). The lowest BCUT2D eigenvalue weighted by Crippen LogP contribution is -2.27. The molecule has 3 N–H and O–H groups in total. The largest absolute Gasteiger partial charge is 0.417 e. The Hall–Kier alpha value is -0.780. The zero-order chi connectivity index (χ0) is 15.5. The molecule has 2 atom stereocenters. The second-order valence-corrected chi connectivity index (χ2v) is 5.65. The molecular weight excluding hydrogens is 291 g/mol. The number of hydrogen-bond donors (Lipinski definition) is 2. The van der Waals surface area contributed by atoms with Gasteiger partial charge in [-0.05, 0) is 30.4 Å². The van der Waals surface area contributed by atoms with Crippen molar-refractivity contribution in [2.45, 2.75) is 45.0 Å². The predicted octanol–water partition coefficient (Wildman–Crippen LogP) is 4.16. The van der Waals surface area contributed by atoms with Gasteiger partial charge in [-0.25, -0.2) is 0 Å². The van der Waals surface area contributed by atoms with Crippen LogP contribution in [0.15, 0.2) is 18.2 Å². The van der Waals surface area contributed by atoms with Gasteiger partial charge in [0, 0.05) is 0 Å². The first-order valence-corrected chi connectivity index (χ1v) is 6.81. The van der Waals surface area contributed by atoms with E-state index in [0.29, 0.717) is 12.3 Å². The van der Waals surface area contributed by atoms with Crippen LogP contribution < -0.4 is 5.73 Å². The van der Waals surface area contributed by atoms with Crippen LogP contribution in [0.1, 0.15) is 43.9 Å². The topological polar surface area (TPSA) is 46.2 Å². The molecular formula is C14H19ClF3NO. The molecule has 0 aliphatic heterocycles. The Bertz CT molecular complexity index is 449. The van der Waals surface area contributed by atoms with Crippen LogP contribution in [0, 0.1) is 5.92 Å². The van der Waals surface area contributed by atoms with Crippen molar-refractivity contribution in [3.63, 3.8) is 0 Å². The van der Waals surface area contributed by atoms with E-state index in [0.717, 1.165) is 12.5 Å². The number of aliphatic hydroxyl groups excluding tert-OH is 1. The molecule has 0 bridgehead atoms. The molecule has 0 saturated carbocycles. The zero-order valence-corrected chi connectivity index (χ0v) is 12.2. The van der Waals surface area contributed by atoms with Crippen molar-refractivity contribution < 1.29 is 18.3 Å². The van der Waals surface area contributed by atoms with Crippen molar-refractivity contribution in [3.8, 4) is 0 Å². The molecule has 0 unspecified atom stereocenters. The summed E-state index contributed by atoms with van der Waals surface area (Å²) in [5, 5.41) is 9.54. The Morgan fingerprint density at radius 3 is 2.35 bits per heavy atom. The lowest BCUT2D eigenvalue weighted by molar-refractivity contribution is -0.137. The fourth-order valence-corrected chi connectivity index (χ4v) is 2.28. The molecule has 0 saturated heterocycles. The van der Waals surface area contributed by atoms with Gasteiger partial charge in [-0.15, -0.1) is 0 Å². The van der Waals surface area contributed by atoms with Gasteiger partial charge in [-0.3, -0.25) is 0 Å². The standard InChI is InChI=1S/C14H19ClF3NO/c1-8(2)6-7-11(20)13(19)9-4-3-5-10(12(9)15)14(16,17)18/h3-5,8,11,13,20H,6-7,19H2,1-2H3/t11-,13+/m1/s1. The third kappa shape index (κ3) is 4.36. The lowest BCUT2D eigenvalue weighted by atomic mass is 9.95. The Kier molecular flexibility index (Phi) is 5.86. The summed E-state index contributed by atoms with van der Waals surface area (Å²) in [4.78, 5) is 0. The van der Waals surface area contributed by atoms with E-state index in [-0.39, 0.29) is 5.56 Å². The summed E-state index contributed by atoms with van der Waals surface area (Å²) in [6.45, 7) is 3.99. The second kappa shape index (κ2) is 6.78. The van der Waals surface area contributed by atoms with Crippen molar-refractivity contribution >= 4 is 11.6 Å². The minimum Gasteiger partial charge on any atom is -0.391 e. The average Bonchev–Trinajstić information content (AvgIpc) is 2.33. The highest BCUT2D eigenvalue weighted by atomic mass is 35.5. The highest BCUT2D eigenvalue weighted by Gasteiger charge is 2.35. The summed E-state index contributed by atoms with van der Waals surface area (Å²) < 4.78 is 38.3. The first-order valence-electron chi connectivity index (χ1n) is 6.43. The van der Waals surface area contributed by atoms with Gasteiger partial charge in [0.15, 0.2) is 0 Å². The quantitative estimate of drug-likeness (QED) is 0.858. The Balaban J connectivity index is 2.96. The first-order chi connectivity index (χ1) is 9.14. The molecule has 2 nitrogen and oxygen atoms in total. The van der Waals surface area contributed by atoms with E-state index in [2.05, 4.69) is 0 Å². The number of aliphatic hydroxyl groups is 1. The van der Waals surface area contributed by atoms with Gasteiger partial charge >= 0.3 is 6.18 Å². The van der Waals surface area contributed by atoms with E-state index in [4.69, 9.17) is 17.3 Å². The van der Waals surface area contributed by atoms with Crippen molar-refractivity contribution in [2.24, 2.45) is 11.7 Å². The van der Waals surface area contributed by atoms with Crippen LogP contribution in [0.25, 0.3) is 0 Å². The van der Waals surface area contributed by atoms with Gasteiger partial charge in [0.1, 0.15) is 0 Å². The maximum absolute atomic E-state index is 12.8. The van der Waals surface area contributed by atoms with Crippen LogP contribution in [0.3, 0.4) is 0 Å². The molecule has 0 aromatic heterocycles. The van der Waals surface area contributed by atoms with Gasteiger partial charge in [0.05, 0.1) is 22.7 Å². The van der Waals surface area contributed by atoms with E-state index >= 15 is 0 Å². The van der Waals surface area contributed by atoms with Crippen LogP contribution in [-0.4, -0.2) is 11.2 Å². The molecule has 0 spiro atoms. The van der Waals surface area contributed by atoms with E-state index in [9.17, 15) is 18.3 Å². The van der Waals surface area contributed by atoms with Crippen LogP contribution in [-0.2, 0) is 6.18 Å². The molecule has 1 aromatic rings. The van der Waals surface area contributed by atoms with Gasteiger partial charge in [-0.2, -0.15) is 13.2 Å². The normalized spacial score (nSPS) is 15.4. The highest BCUT2D eigenvalue weighted by Crippen LogP contribution is 2.38.